The summed E-state index contributed by atoms with van der Waals surface area (Å²) in [7, 11) is -51.7. The first-order chi connectivity index (χ1) is 20.0. The molecule has 0 aromatic heterocycles. The molecule has 72 heavy (non-hydrogen) atoms. The molecule has 0 aliphatic rings. The molecule has 0 spiro atoms. The van der Waals surface area contributed by atoms with E-state index < -0.39 is 104 Å². The first kappa shape index (κ1) is 219. The van der Waals surface area contributed by atoms with Crippen LogP contribution in [0.2, 0.25) is 0 Å². The zero-order valence-corrected chi connectivity index (χ0v) is 59.5. The van der Waals surface area contributed by atoms with Crippen molar-refractivity contribution in [3.8, 4) is 0 Å². The molecule has 0 aromatic rings. The van der Waals surface area contributed by atoms with Gasteiger partial charge in [-0.3, -0.25) is 84.2 Å². The first-order valence-electron chi connectivity index (χ1n) is 6.67. The fourth-order valence-corrected chi connectivity index (χ4v) is 0. The quantitative estimate of drug-likeness (QED) is 0.123. The Morgan fingerprint density at radius 2 is 0.153 bits per heavy atom. The molecule has 72 heteroatoms. The molecule has 0 aromatic carbocycles. The van der Waals surface area contributed by atoms with Crippen LogP contribution in [-0.2, 0) is 206 Å². The van der Waals surface area contributed by atoms with E-state index in [9.17, 15) is 0 Å². The van der Waals surface area contributed by atoms with E-state index in [1.165, 1.54) is 0 Å². The first-order valence-corrected chi connectivity index (χ1v) is 20.0. The van der Waals surface area contributed by atoms with Crippen LogP contribution in [0.1, 0.15) is 0 Å². The van der Waals surface area contributed by atoms with Gasteiger partial charge in [-0.15, -0.1) is 0 Å². The Morgan fingerprint density at radius 1 is 0.153 bits per heavy atom. The van der Waals surface area contributed by atoms with Crippen molar-refractivity contribution in [2.24, 2.45) is 0 Å². The van der Waals surface area contributed by atoms with Gasteiger partial charge in [0.05, 0.1) is 0 Å². The maximum Gasteiger partial charge on any atom is 3.00 e. The minimum Gasteiger partial charge on any atom is -0.870 e. The van der Waals surface area contributed by atoms with Crippen LogP contribution in [0.25, 0.3) is 0 Å². The Bertz CT molecular complexity index is 1440. The van der Waals surface area contributed by atoms with E-state index >= 15 is 0 Å². The second-order valence-corrected chi connectivity index (χ2v) is 12.2. The average Bonchev–Trinajstić information content (AvgIpc) is 2.34. The molecular weight excluding hydrogens is 2180 g/mol. The van der Waals surface area contributed by atoms with Crippen LogP contribution in [-0.4, -0.2) is 364 Å². The zero-order chi connectivity index (χ0) is 45.0. The second-order valence-electron chi connectivity index (χ2n) is 4.08. The topological polar surface area (TPSA) is 1100 Å². The van der Waals surface area contributed by atoms with Crippen molar-refractivity contribution >= 4 is 238 Å². The van der Waals surface area contributed by atoms with Gasteiger partial charge in [0.2, 0.25) is 0 Å². The zero-order valence-electron chi connectivity index (χ0n) is 30.1. The molecular formula is H10Al3Cu3Fe3O50Pb3S10. The molecule has 448 valence electrons. The van der Waals surface area contributed by atoms with Crippen LogP contribution in [0, 0.1) is 0 Å². The van der Waals surface area contributed by atoms with Gasteiger partial charge in [-0.05, 0) is 0 Å². The standard InChI is InChI=1S/3Al.3Cu.3Fe.10H2O4S.10H2O.3Pb/c;;;;;;;;;10*1-5(2,3)4;;;;;;;;;;;;;/h;;;;;;;;;10*(H2,1,2,3,4);10*1H2;;;/q3*+3;3*+2;3*+3;;;;;;;;;;;;;;;;;;;;;3*+2/p-30. The van der Waals surface area contributed by atoms with Crippen LogP contribution < -0.4 is 0 Å². The summed E-state index contributed by atoms with van der Waals surface area (Å²) in [5.41, 5.74) is 0. The second kappa shape index (κ2) is 102. The van der Waals surface area contributed by atoms with Gasteiger partial charge in [0, 0.05) is 104 Å². The average molecular weight is 2190 g/mol. The van der Waals surface area contributed by atoms with Crippen LogP contribution in [0.15, 0.2) is 0 Å². The summed E-state index contributed by atoms with van der Waals surface area (Å²) in [4.78, 5) is 0. The minimum atomic E-state index is -5.17. The summed E-state index contributed by atoms with van der Waals surface area (Å²) in [6.07, 6.45) is 0. The van der Waals surface area contributed by atoms with Crippen LogP contribution in [0.4, 0.5) is 0 Å². The van der Waals surface area contributed by atoms with Gasteiger partial charge >= 0.3 is 236 Å². The normalized spacial score (nSPS) is 8.06. The Kier molecular flexibility index (Phi) is 310. The molecule has 0 amide bonds. The summed E-state index contributed by atoms with van der Waals surface area (Å²) in [5.74, 6) is 0. The maximum absolute atomic E-state index is 8.52. The van der Waals surface area contributed by atoms with Gasteiger partial charge in [0.1, 0.15) is 0 Å². The van der Waals surface area contributed by atoms with E-state index in [1.807, 2.05) is 0 Å². The molecule has 50 nitrogen and oxygen atoms in total. The third-order valence-electron chi connectivity index (χ3n) is 0. The summed E-state index contributed by atoms with van der Waals surface area (Å²) < 4.78 is 341. The SMILES string of the molecule is O=S(=O)([O-])[O-].O=S(=O)([O-])[O-].O=S(=O)([O-])[O-].O=S(=O)([O-])[O-].O=S(=O)([O-])[O-].O=S(=O)([O-])[O-].O=S(=O)([O-])[O-].O=S(=O)([O-])[O-].O=S(=O)([O-])[O-].O=S(=O)([O-])[O-].[Al+3].[Al+3].[Al+3].[Cu+2].[Cu+2].[Cu+2].[Fe+3].[Fe+3].[Fe+3].[OH-].[OH-].[OH-].[OH-].[OH-].[OH-].[OH-].[OH-].[OH-].[OH-].[Pb+2].[Pb+2].[Pb+2]. The number of hydrogen-bond donors (Lipinski definition) is 0. The van der Waals surface area contributed by atoms with E-state index in [2.05, 4.69) is 0 Å². The molecule has 0 bridgehead atoms. The molecule has 0 fully saturated rings. The van der Waals surface area contributed by atoms with Gasteiger partial charge in [-0.2, -0.15) is 0 Å². The fraction of sp³-hybridized carbons (Fsp3) is 0. The third-order valence-corrected chi connectivity index (χ3v) is 0. The smallest absolute Gasteiger partial charge is 0.870 e. The summed E-state index contributed by atoms with van der Waals surface area (Å²) >= 11 is 0. The molecule has 0 aliphatic heterocycles. The molecule has 0 heterocycles. The fourth-order valence-electron chi connectivity index (χ4n) is 0. The largest absolute Gasteiger partial charge is 3.00 e. The van der Waals surface area contributed by atoms with Crippen molar-refractivity contribution in [1.29, 1.82) is 0 Å². The molecule has 0 rings (SSSR count). The molecule has 0 aliphatic carbocycles. The molecule has 12 radical (unpaired) electrons. The van der Waals surface area contributed by atoms with E-state index in [4.69, 9.17) is 175 Å². The Labute approximate surface area is 562 Å². The molecule has 0 saturated heterocycles. The Hall–Kier alpha value is 5.78. The van der Waals surface area contributed by atoms with Crippen molar-refractivity contribution < 1.29 is 332 Å². The molecule has 0 unspecified atom stereocenters. The molecule has 0 saturated carbocycles. The van der Waals surface area contributed by atoms with Crippen LogP contribution in [0.3, 0.4) is 0 Å². The van der Waals surface area contributed by atoms with E-state index in [-0.39, 0.29) is 291 Å². The van der Waals surface area contributed by atoms with Gasteiger partial charge < -0.3 is 146 Å². The van der Waals surface area contributed by atoms with Crippen LogP contribution in [0.5, 0.6) is 0 Å². The van der Waals surface area contributed by atoms with E-state index in [0.29, 0.717) is 0 Å². The predicted octanol–water partition coefficient (Wildman–Crippen LogP) is -17.4. The van der Waals surface area contributed by atoms with Crippen molar-refractivity contribution in [3.05, 3.63) is 0 Å². The van der Waals surface area contributed by atoms with Crippen molar-refractivity contribution in [1.82, 2.24) is 0 Å². The van der Waals surface area contributed by atoms with Crippen molar-refractivity contribution in [3.63, 3.8) is 0 Å². The van der Waals surface area contributed by atoms with Gasteiger partial charge in [0.15, 0.2) is 0 Å². The number of hydrogen-bond acceptors (Lipinski definition) is 50. The Balaban J connectivity index is -0.00000000796. The van der Waals surface area contributed by atoms with Gasteiger partial charge in [-0.25, -0.2) is 0 Å². The van der Waals surface area contributed by atoms with E-state index in [1.54, 1.807) is 0 Å². The van der Waals surface area contributed by atoms with E-state index in [0.717, 1.165) is 0 Å². The minimum absolute atomic E-state index is 0. The number of rotatable bonds is 0. The van der Waals surface area contributed by atoms with Crippen molar-refractivity contribution in [2.45, 2.75) is 0 Å². The maximum atomic E-state index is 8.52. The van der Waals surface area contributed by atoms with Gasteiger partial charge in [0.25, 0.3) is 0 Å². The molecule has 10 N–H and O–H groups in total. The summed E-state index contributed by atoms with van der Waals surface area (Å²) in [6.45, 7) is 0. The van der Waals surface area contributed by atoms with Gasteiger partial charge in [-0.1, -0.05) is 0 Å². The summed E-state index contributed by atoms with van der Waals surface area (Å²) in [6, 6.07) is 0. The summed E-state index contributed by atoms with van der Waals surface area (Å²) in [5, 5.41) is 0. The predicted molar refractivity (Wildman–Crippen MR) is 159 cm³/mol. The van der Waals surface area contributed by atoms with Crippen molar-refractivity contribution in [2.75, 3.05) is 0 Å². The monoisotopic (exact) mass is 2190 g/mol. The van der Waals surface area contributed by atoms with Crippen LogP contribution >= 0.6 is 0 Å². The Morgan fingerprint density at radius 3 is 0.153 bits per heavy atom. The third kappa shape index (κ3) is 12700. The molecule has 0 atom stereocenters.